The average molecular weight is 214 g/mol. The number of aliphatic hydroxyl groups excluding tert-OH is 1. The molecule has 0 radical (unpaired) electrons. The molecule has 0 spiro atoms. The maximum atomic E-state index is 9.30. The predicted molar refractivity (Wildman–Crippen MR) is 64.0 cm³/mol. The van der Waals surface area contributed by atoms with Crippen molar-refractivity contribution in [1.29, 1.82) is 0 Å². The molecule has 3 nitrogen and oxygen atoms in total. The second kappa shape index (κ2) is 5.28. The van der Waals surface area contributed by atoms with Crippen LogP contribution in [0.3, 0.4) is 0 Å². The highest BCUT2D eigenvalue weighted by molar-refractivity contribution is 4.83. The number of nitrogens with zero attached hydrogens (tertiary/aromatic N) is 1. The quantitative estimate of drug-likeness (QED) is 0.741. The zero-order chi connectivity index (χ0) is 11.5. The Morgan fingerprint density at radius 1 is 1.33 bits per heavy atom. The highest BCUT2D eigenvalue weighted by Gasteiger charge is 2.23. The second-order valence-electron chi connectivity index (χ2n) is 5.82. The van der Waals surface area contributed by atoms with Gasteiger partial charge >= 0.3 is 0 Å². The Morgan fingerprint density at radius 2 is 1.87 bits per heavy atom. The van der Waals surface area contributed by atoms with E-state index < -0.39 is 0 Å². The lowest BCUT2D eigenvalue weighted by atomic mass is 10.00. The minimum Gasteiger partial charge on any atom is -0.392 e. The van der Waals surface area contributed by atoms with Gasteiger partial charge in [0.2, 0.25) is 0 Å². The normalized spacial score (nSPS) is 23.0. The minimum atomic E-state index is -0.197. The number of aliphatic hydroxyl groups is 1. The van der Waals surface area contributed by atoms with Crippen LogP contribution in [0.2, 0.25) is 0 Å². The third-order valence-corrected chi connectivity index (χ3v) is 2.75. The fraction of sp³-hybridized carbons (Fsp3) is 1.00. The zero-order valence-corrected chi connectivity index (χ0v) is 10.6. The van der Waals surface area contributed by atoms with Crippen LogP contribution in [-0.2, 0) is 0 Å². The molecule has 1 aliphatic rings. The lowest BCUT2D eigenvalue weighted by Gasteiger charge is -2.36. The molecule has 1 heterocycles. The van der Waals surface area contributed by atoms with Crippen molar-refractivity contribution in [2.75, 3.05) is 19.6 Å². The Kier molecular flexibility index (Phi) is 4.56. The molecule has 0 aromatic rings. The van der Waals surface area contributed by atoms with Gasteiger partial charge in [-0.3, -0.25) is 0 Å². The molecule has 1 rings (SSSR count). The number of likely N-dealkylation sites (tertiary alicyclic amines) is 1. The van der Waals surface area contributed by atoms with E-state index in [1.165, 1.54) is 12.8 Å². The van der Waals surface area contributed by atoms with Crippen LogP contribution in [-0.4, -0.2) is 47.3 Å². The fourth-order valence-corrected chi connectivity index (χ4v) is 2.25. The van der Waals surface area contributed by atoms with Crippen LogP contribution < -0.4 is 5.32 Å². The van der Waals surface area contributed by atoms with E-state index >= 15 is 0 Å². The van der Waals surface area contributed by atoms with Gasteiger partial charge in [-0.25, -0.2) is 0 Å². The third kappa shape index (κ3) is 5.50. The van der Waals surface area contributed by atoms with Gasteiger partial charge in [-0.2, -0.15) is 0 Å². The molecule has 90 valence electrons. The zero-order valence-electron chi connectivity index (χ0n) is 10.6. The van der Waals surface area contributed by atoms with Crippen molar-refractivity contribution >= 4 is 0 Å². The summed E-state index contributed by atoms with van der Waals surface area (Å²) in [5, 5.41) is 12.9. The largest absolute Gasteiger partial charge is 0.392 e. The van der Waals surface area contributed by atoms with Gasteiger partial charge in [0.05, 0.1) is 6.10 Å². The lowest BCUT2D eigenvalue weighted by Crippen LogP contribution is -2.50. The summed E-state index contributed by atoms with van der Waals surface area (Å²) < 4.78 is 0. The molecule has 1 atom stereocenters. The summed E-state index contributed by atoms with van der Waals surface area (Å²) in [7, 11) is 0. The van der Waals surface area contributed by atoms with E-state index in [0.29, 0.717) is 6.04 Å². The van der Waals surface area contributed by atoms with E-state index in [1.54, 1.807) is 0 Å². The summed E-state index contributed by atoms with van der Waals surface area (Å²) in [6.07, 6.45) is 2.20. The molecule has 1 fully saturated rings. The summed E-state index contributed by atoms with van der Waals surface area (Å²) in [5.74, 6) is 0. The Bertz CT molecular complexity index is 179. The van der Waals surface area contributed by atoms with Gasteiger partial charge in [-0.05, 0) is 53.6 Å². The molecule has 0 aromatic carbocycles. The van der Waals surface area contributed by atoms with Crippen LogP contribution in [0.15, 0.2) is 0 Å². The first kappa shape index (κ1) is 12.9. The first-order valence-electron chi connectivity index (χ1n) is 6.05. The summed E-state index contributed by atoms with van der Waals surface area (Å²) in [6, 6.07) is 0.648. The molecule has 0 amide bonds. The highest BCUT2D eigenvalue weighted by atomic mass is 16.3. The molecule has 0 aromatic heterocycles. The SMILES string of the molecule is CC(O)CN1CCC(NC(C)(C)C)CC1. The summed E-state index contributed by atoms with van der Waals surface area (Å²) >= 11 is 0. The van der Waals surface area contributed by atoms with Crippen molar-refractivity contribution in [2.24, 2.45) is 0 Å². The molecule has 1 unspecified atom stereocenters. The van der Waals surface area contributed by atoms with Gasteiger partial charge in [-0.15, -0.1) is 0 Å². The van der Waals surface area contributed by atoms with Crippen molar-refractivity contribution < 1.29 is 5.11 Å². The minimum absolute atomic E-state index is 0.197. The predicted octanol–water partition coefficient (Wildman–Crippen LogP) is 1.22. The summed E-state index contributed by atoms with van der Waals surface area (Å²) in [5.41, 5.74) is 0.219. The molecular formula is C12H26N2O. The Balaban J connectivity index is 2.24. The number of hydrogen-bond donors (Lipinski definition) is 2. The topological polar surface area (TPSA) is 35.5 Å². The van der Waals surface area contributed by atoms with E-state index in [4.69, 9.17) is 0 Å². The average Bonchev–Trinajstić information content (AvgIpc) is 2.05. The van der Waals surface area contributed by atoms with Crippen LogP contribution in [0.4, 0.5) is 0 Å². The van der Waals surface area contributed by atoms with Gasteiger partial charge in [0.1, 0.15) is 0 Å². The van der Waals surface area contributed by atoms with Gasteiger partial charge in [0.25, 0.3) is 0 Å². The van der Waals surface area contributed by atoms with Crippen LogP contribution in [0.25, 0.3) is 0 Å². The van der Waals surface area contributed by atoms with Gasteiger partial charge in [0.15, 0.2) is 0 Å². The molecule has 0 saturated carbocycles. The van der Waals surface area contributed by atoms with Crippen molar-refractivity contribution in [3.63, 3.8) is 0 Å². The van der Waals surface area contributed by atoms with Gasteiger partial charge in [0, 0.05) is 18.1 Å². The van der Waals surface area contributed by atoms with E-state index in [-0.39, 0.29) is 11.6 Å². The lowest BCUT2D eigenvalue weighted by molar-refractivity contribution is 0.102. The molecule has 2 N–H and O–H groups in total. The van der Waals surface area contributed by atoms with Crippen LogP contribution in [0.1, 0.15) is 40.5 Å². The first-order chi connectivity index (χ1) is 6.87. The number of rotatable bonds is 3. The van der Waals surface area contributed by atoms with E-state index in [2.05, 4.69) is 31.0 Å². The summed E-state index contributed by atoms with van der Waals surface area (Å²) in [6.45, 7) is 11.6. The molecule has 3 heteroatoms. The third-order valence-electron chi connectivity index (χ3n) is 2.75. The number of piperidine rings is 1. The van der Waals surface area contributed by atoms with Crippen molar-refractivity contribution in [3.8, 4) is 0 Å². The second-order valence-corrected chi connectivity index (χ2v) is 5.82. The molecule has 1 saturated heterocycles. The van der Waals surface area contributed by atoms with Crippen molar-refractivity contribution in [1.82, 2.24) is 10.2 Å². The molecule has 0 aliphatic carbocycles. The Morgan fingerprint density at radius 3 is 2.27 bits per heavy atom. The van der Waals surface area contributed by atoms with Gasteiger partial charge in [-0.1, -0.05) is 0 Å². The molecule has 15 heavy (non-hydrogen) atoms. The first-order valence-corrected chi connectivity index (χ1v) is 6.05. The van der Waals surface area contributed by atoms with E-state index in [1.807, 2.05) is 6.92 Å². The van der Waals surface area contributed by atoms with Crippen molar-refractivity contribution in [3.05, 3.63) is 0 Å². The van der Waals surface area contributed by atoms with E-state index in [9.17, 15) is 5.11 Å². The summed E-state index contributed by atoms with van der Waals surface area (Å²) in [4.78, 5) is 2.35. The monoisotopic (exact) mass is 214 g/mol. The van der Waals surface area contributed by atoms with E-state index in [0.717, 1.165) is 19.6 Å². The Labute approximate surface area is 93.9 Å². The highest BCUT2D eigenvalue weighted by Crippen LogP contribution is 2.13. The number of nitrogens with one attached hydrogen (secondary N) is 1. The maximum Gasteiger partial charge on any atom is 0.0639 e. The Hall–Kier alpha value is -0.120. The fourth-order valence-electron chi connectivity index (χ4n) is 2.25. The molecular weight excluding hydrogens is 188 g/mol. The number of hydrogen-bond acceptors (Lipinski definition) is 3. The molecule has 1 aliphatic heterocycles. The maximum absolute atomic E-state index is 9.30. The van der Waals surface area contributed by atoms with Crippen LogP contribution in [0, 0.1) is 0 Å². The van der Waals surface area contributed by atoms with Crippen molar-refractivity contribution in [2.45, 2.75) is 58.2 Å². The standard InChI is InChI=1S/C12H26N2O/c1-10(15)9-14-7-5-11(6-8-14)13-12(2,3)4/h10-11,13,15H,5-9H2,1-4H3. The smallest absolute Gasteiger partial charge is 0.0639 e. The van der Waals surface area contributed by atoms with Crippen LogP contribution >= 0.6 is 0 Å². The molecule has 0 bridgehead atoms. The van der Waals surface area contributed by atoms with Gasteiger partial charge < -0.3 is 15.3 Å². The number of β-amino-alcohol motifs (C(OH)–C–C–N with tert-alkyl or cyclic N) is 1. The van der Waals surface area contributed by atoms with Crippen LogP contribution in [0.5, 0.6) is 0 Å².